The largest absolute Gasteiger partial charge is 0.298 e. The summed E-state index contributed by atoms with van der Waals surface area (Å²) in [5, 5.41) is -0.0190. The number of carbonyl (C=O) groups is 1. The smallest absolute Gasteiger partial charge is 0.262 e. The van der Waals surface area contributed by atoms with Crippen molar-refractivity contribution in [1.82, 2.24) is 4.98 Å². The molecule has 0 atom stereocenters. The van der Waals surface area contributed by atoms with E-state index in [0.29, 0.717) is 11.8 Å². The topological polar surface area (TPSA) is 76.1 Å². The van der Waals surface area contributed by atoms with E-state index in [4.69, 9.17) is 11.6 Å². The molecule has 0 amide bonds. The van der Waals surface area contributed by atoms with Gasteiger partial charge in [-0.25, -0.2) is 13.4 Å². The maximum absolute atomic E-state index is 12.4. The van der Waals surface area contributed by atoms with Gasteiger partial charge in [-0.1, -0.05) is 23.7 Å². The number of hydrogen-bond donors (Lipinski definition) is 1. The summed E-state index contributed by atoms with van der Waals surface area (Å²) in [4.78, 5) is 14.7. The van der Waals surface area contributed by atoms with Crippen LogP contribution in [0.4, 0.5) is 5.69 Å². The fraction of sp³-hybridized carbons (Fsp3) is 0.143. The van der Waals surface area contributed by atoms with Crippen molar-refractivity contribution in [2.24, 2.45) is 0 Å². The van der Waals surface area contributed by atoms with Gasteiger partial charge in [0.25, 0.3) is 10.0 Å². The molecule has 1 heterocycles. The Bertz CT molecular complexity index is 804. The number of aldehydes is 1. The van der Waals surface area contributed by atoms with Gasteiger partial charge in [-0.3, -0.25) is 9.52 Å². The van der Waals surface area contributed by atoms with Crippen LogP contribution in [0.3, 0.4) is 0 Å². The Kier molecular flexibility index (Phi) is 4.29. The van der Waals surface area contributed by atoms with Gasteiger partial charge < -0.3 is 0 Å². The van der Waals surface area contributed by atoms with Crippen LogP contribution < -0.4 is 4.72 Å². The number of benzene rings is 1. The molecule has 0 saturated carbocycles. The summed E-state index contributed by atoms with van der Waals surface area (Å²) in [7, 11) is -3.80. The number of hydrogen-bond acceptors (Lipinski definition) is 4. The van der Waals surface area contributed by atoms with Crippen molar-refractivity contribution in [3.63, 3.8) is 0 Å². The maximum Gasteiger partial charge on any atom is 0.262 e. The first kappa shape index (κ1) is 15.5. The fourth-order valence-corrected chi connectivity index (χ4v) is 3.39. The molecule has 21 heavy (non-hydrogen) atoms. The van der Waals surface area contributed by atoms with Crippen molar-refractivity contribution >= 4 is 33.6 Å². The average Bonchev–Trinajstić information content (AvgIpc) is 2.43. The standard InChI is InChI=1S/C14H13ClN2O3S/c1-9-3-4-10(2)13(5-9)21(19,20)17-12-6-11(8-18)7-16-14(12)15/h3-8,17H,1-2H3. The highest BCUT2D eigenvalue weighted by atomic mass is 35.5. The number of pyridine rings is 1. The molecule has 1 N–H and O–H groups in total. The Morgan fingerprint density at radius 2 is 1.95 bits per heavy atom. The monoisotopic (exact) mass is 324 g/mol. The van der Waals surface area contributed by atoms with Gasteiger partial charge in [0.2, 0.25) is 0 Å². The molecule has 1 aromatic heterocycles. The lowest BCUT2D eigenvalue weighted by molar-refractivity contribution is 0.112. The van der Waals surface area contributed by atoms with Crippen LogP contribution in [0, 0.1) is 13.8 Å². The highest BCUT2D eigenvalue weighted by Gasteiger charge is 2.19. The molecular formula is C14H13ClN2O3S. The molecule has 0 fully saturated rings. The summed E-state index contributed by atoms with van der Waals surface area (Å²) in [6.45, 7) is 3.51. The van der Waals surface area contributed by atoms with Gasteiger partial charge in [0.1, 0.15) is 0 Å². The zero-order valence-electron chi connectivity index (χ0n) is 11.4. The lowest BCUT2D eigenvalue weighted by Crippen LogP contribution is -2.15. The molecule has 5 nitrogen and oxygen atoms in total. The van der Waals surface area contributed by atoms with Gasteiger partial charge in [0.05, 0.1) is 10.6 Å². The third-order valence-electron chi connectivity index (χ3n) is 2.87. The zero-order valence-corrected chi connectivity index (χ0v) is 13.0. The molecule has 0 aliphatic heterocycles. The van der Waals surface area contributed by atoms with Gasteiger partial charge in [0, 0.05) is 11.8 Å². The molecule has 0 aliphatic rings. The zero-order chi connectivity index (χ0) is 15.6. The first-order valence-electron chi connectivity index (χ1n) is 6.04. The molecule has 0 saturated heterocycles. The average molecular weight is 325 g/mol. The van der Waals surface area contributed by atoms with Crippen molar-refractivity contribution in [1.29, 1.82) is 0 Å². The number of anilines is 1. The molecule has 0 aliphatic carbocycles. The van der Waals surface area contributed by atoms with E-state index in [1.165, 1.54) is 12.3 Å². The van der Waals surface area contributed by atoms with E-state index in [-0.39, 0.29) is 21.3 Å². The molecule has 1 aromatic carbocycles. The molecule has 0 spiro atoms. The van der Waals surface area contributed by atoms with E-state index in [1.807, 2.05) is 6.07 Å². The van der Waals surface area contributed by atoms with Crippen molar-refractivity contribution in [3.05, 3.63) is 52.3 Å². The summed E-state index contributed by atoms with van der Waals surface area (Å²) >= 11 is 5.86. The first-order chi connectivity index (χ1) is 9.83. The highest BCUT2D eigenvalue weighted by Crippen LogP contribution is 2.25. The molecular weight excluding hydrogens is 312 g/mol. The number of aromatic nitrogens is 1. The molecule has 0 bridgehead atoms. The number of nitrogens with zero attached hydrogens (tertiary/aromatic N) is 1. The predicted octanol–water partition coefficient (Wildman–Crippen LogP) is 2.97. The van der Waals surface area contributed by atoms with Gasteiger partial charge in [-0.15, -0.1) is 0 Å². The Hall–Kier alpha value is -1.92. The minimum atomic E-state index is -3.80. The summed E-state index contributed by atoms with van der Waals surface area (Å²) < 4.78 is 27.2. The van der Waals surface area contributed by atoms with Crippen molar-refractivity contribution in [2.45, 2.75) is 18.7 Å². The van der Waals surface area contributed by atoms with Crippen LogP contribution >= 0.6 is 11.6 Å². The quantitative estimate of drug-likeness (QED) is 0.693. The Labute approximate surface area is 128 Å². The third kappa shape index (κ3) is 3.40. The lowest BCUT2D eigenvalue weighted by Gasteiger charge is -2.12. The predicted molar refractivity (Wildman–Crippen MR) is 81.4 cm³/mol. The van der Waals surface area contributed by atoms with Crippen molar-refractivity contribution < 1.29 is 13.2 Å². The minimum absolute atomic E-state index is 0.0190. The van der Waals surface area contributed by atoms with Crippen molar-refractivity contribution in [2.75, 3.05) is 4.72 Å². The van der Waals surface area contributed by atoms with Crippen LogP contribution in [-0.2, 0) is 10.0 Å². The van der Waals surface area contributed by atoms with Crippen molar-refractivity contribution in [3.8, 4) is 0 Å². The Morgan fingerprint density at radius 1 is 1.24 bits per heavy atom. The normalized spacial score (nSPS) is 11.2. The van der Waals surface area contributed by atoms with Crippen LogP contribution in [0.15, 0.2) is 35.4 Å². The summed E-state index contributed by atoms with van der Waals surface area (Å²) in [6, 6.07) is 6.47. The molecule has 7 heteroatoms. The Morgan fingerprint density at radius 3 is 2.62 bits per heavy atom. The van der Waals surface area contributed by atoms with E-state index in [0.717, 1.165) is 5.56 Å². The van der Waals surface area contributed by atoms with E-state index in [1.54, 1.807) is 26.0 Å². The maximum atomic E-state index is 12.4. The number of rotatable bonds is 4. The van der Waals surface area contributed by atoms with Gasteiger partial charge in [-0.2, -0.15) is 0 Å². The number of carbonyl (C=O) groups excluding carboxylic acids is 1. The van der Waals surface area contributed by atoms with Crippen LogP contribution in [0.5, 0.6) is 0 Å². The Balaban J connectivity index is 2.46. The summed E-state index contributed by atoms with van der Waals surface area (Å²) in [5.41, 5.74) is 1.75. The van der Waals surface area contributed by atoms with Gasteiger partial charge >= 0.3 is 0 Å². The third-order valence-corrected chi connectivity index (χ3v) is 4.68. The molecule has 2 aromatic rings. The number of nitrogens with one attached hydrogen (secondary N) is 1. The second kappa shape index (κ2) is 5.83. The molecule has 110 valence electrons. The molecule has 0 radical (unpaired) electrons. The lowest BCUT2D eigenvalue weighted by atomic mass is 10.2. The fourth-order valence-electron chi connectivity index (χ4n) is 1.80. The SMILES string of the molecule is Cc1ccc(C)c(S(=O)(=O)Nc2cc(C=O)cnc2Cl)c1. The van der Waals surface area contributed by atoms with E-state index < -0.39 is 10.0 Å². The first-order valence-corrected chi connectivity index (χ1v) is 7.90. The molecule has 2 rings (SSSR count). The van der Waals surface area contributed by atoms with Crippen LogP contribution in [0.1, 0.15) is 21.5 Å². The van der Waals surface area contributed by atoms with Gasteiger partial charge in [0.15, 0.2) is 11.4 Å². The number of aryl methyl sites for hydroxylation is 2. The highest BCUT2D eigenvalue weighted by molar-refractivity contribution is 7.92. The minimum Gasteiger partial charge on any atom is -0.298 e. The van der Waals surface area contributed by atoms with Gasteiger partial charge in [-0.05, 0) is 37.1 Å². The molecule has 0 unspecified atom stereocenters. The van der Waals surface area contributed by atoms with E-state index in [2.05, 4.69) is 9.71 Å². The van der Waals surface area contributed by atoms with Crippen LogP contribution in [0.25, 0.3) is 0 Å². The van der Waals surface area contributed by atoms with E-state index in [9.17, 15) is 13.2 Å². The van der Waals surface area contributed by atoms with Crippen LogP contribution in [-0.4, -0.2) is 19.7 Å². The summed E-state index contributed by atoms with van der Waals surface area (Å²) in [6.07, 6.45) is 1.84. The van der Waals surface area contributed by atoms with Crippen LogP contribution in [0.2, 0.25) is 5.15 Å². The second-order valence-corrected chi connectivity index (χ2v) is 6.61. The van der Waals surface area contributed by atoms with E-state index >= 15 is 0 Å². The summed E-state index contributed by atoms with van der Waals surface area (Å²) in [5.74, 6) is 0. The second-order valence-electron chi connectivity index (χ2n) is 4.60. The number of halogens is 1. The number of sulfonamides is 1.